The van der Waals surface area contributed by atoms with Crippen LogP contribution in [-0.4, -0.2) is 0 Å². The lowest BCUT2D eigenvalue weighted by Gasteiger charge is -2.18. The van der Waals surface area contributed by atoms with Crippen LogP contribution in [0.4, 0.5) is 0 Å². The second kappa shape index (κ2) is 1.25. The predicted molar refractivity (Wildman–Crippen MR) is 37.0 cm³/mol. The Labute approximate surface area is 56.0 Å². The first kappa shape index (κ1) is 4.54. The summed E-state index contributed by atoms with van der Waals surface area (Å²) < 4.78 is 0. The van der Waals surface area contributed by atoms with Gasteiger partial charge < -0.3 is 0 Å². The first-order valence-electron chi connectivity index (χ1n) is 4.11. The normalized spacial score (nSPS) is 52.4. The standard InChI is InChI=1S/C9H12/c1-6-2-8-4-7(1)5-9(8)3-6/h2,7-9H,1,3-5H2. The van der Waals surface area contributed by atoms with E-state index in [0.29, 0.717) is 0 Å². The molecule has 0 aromatic heterocycles. The smallest absolute Gasteiger partial charge is 0.0197 e. The Kier molecular flexibility index (Phi) is 0.633. The molecule has 4 aliphatic carbocycles. The number of hydrogen-bond donors (Lipinski definition) is 0. The van der Waals surface area contributed by atoms with E-state index in [2.05, 4.69) is 6.08 Å². The van der Waals surface area contributed by atoms with Gasteiger partial charge in [0.15, 0.2) is 0 Å². The molecule has 0 aromatic rings. The molecule has 3 unspecified atom stereocenters. The molecule has 0 saturated heterocycles. The van der Waals surface area contributed by atoms with Crippen LogP contribution in [0.15, 0.2) is 11.6 Å². The molecular formula is C9H12. The van der Waals surface area contributed by atoms with E-state index in [1.807, 2.05) is 0 Å². The lowest BCUT2D eigenvalue weighted by atomic mass is 9.88. The Morgan fingerprint density at radius 3 is 2.89 bits per heavy atom. The highest BCUT2D eigenvalue weighted by atomic mass is 14.5. The molecule has 0 aromatic carbocycles. The van der Waals surface area contributed by atoms with Crippen molar-refractivity contribution in [1.82, 2.24) is 0 Å². The van der Waals surface area contributed by atoms with Crippen LogP contribution in [0.5, 0.6) is 0 Å². The van der Waals surface area contributed by atoms with Crippen LogP contribution < -0.4 is 0 Å². The van der Waals surface area contributed by atoms with Gasteiger partial charge in [-0.1, -0.05) is 11.6 Å². The topological polar surface area (TPSA) is 0 Å². The zero-order valence-corrected chi connectivity index (χ0v) is 5.64. The SMILES string of the molecule is C1=C2CC3CC1C(C2)C3. The number of hydrogen-bond acceptors (Lipinski definition) is 0. The summed E-state index contributed by atoms with van der Waals surface area (Å²) in [4.78, 5) is 0. The van der Waals surface area contributed by atoms with Crippen LogP contribution in [-0.2, 0) is 0 Å². The molecule has 0 radical (unpaired) electrons. The highest BCUT2D eigenvalue weighted by Gasteiger charge is 2.42. The van der Waals surface area contributed by atoms with E-state index in [1.165, 1.54) is 19.3 Å². The van der Waals surface area contributed by atoms with Crippen molar-refractivity contribution in [1.29, 1.82) is 0 Å². The van der Waals surface area contributed by atoms with Gasteiger partial charge in [0.25, 0.3) is 0 Å². The molecule has 0 heteroatoms. The Bertz CT molecular complexity index is 178. The van der Waals surface area contributed by atoms with E-state index >= 15 is 0 Å². The summed E-state index contributed by atoms with van der Waals surface area (Å²) in [6.07, 6.45) is 8.60. The fraction of sp³-hybridized carbons (Fsp3) is 0.778. The van der Waals surface area contributed by atoms with E-state index in [0.717, 1.165) is 17.8 Å². The summed E-state index contributed by atoms with van der Waals surface area (Å²) in [5.41, 5.74) is 1.80. The van der Waals surface area contributed by atoms with E-state index in [-0.39, 0.29) is 0 Å². The fourth-order valence-electron chi connectivity index (χ4n) is 3.11. The molecular weight excluding hydrogens is 108 g/mol. The van der Waals surface area contributed by atoms with Crippen molar-refractivity contribution in [3.05, 3.63) is 11.6 Å². The van der Waals surface area contributed by atoms with E-state index in [4.69, 9.17) is 0 Å². The van der Waals surface area contributed by atoms with E-state index in [9.17, 15) is 0 Å². The molecule has 4 aliphatic rings. The van der Waals surface area contributed by atoms with Crippen LogP contribution in [0.3, 0.4) is 0 Å². The molecule has 0 N–H and O–H groups in total. The lowest BCUT2D eigenvalue weighted by molar-refractivity contribution is 0.434. The quantitative estimate of drug-likeness (QED) is 0.430. The molecule has 0 amide bonds. The maximum absolute atomic E-state index is 2.56. The number of rotatable bonds is 0. The Morgan fingerprint density at radius 1 is 1.22 bits per heavy atom. The van der Waals surface area contributed by atoms with Crippen molar-refractivity contribution in [2.24, 2.45) is 17.8 Å². The predicted octanol–water partition coefficient (Wildman–Crippen LogP) is 2.36. The van der Waals surface area contributed by atoms with Crippen molar-refractivity contribution in [2.45, 2.75) is 25.7 Å². The van der Waals surface area contributed by atoms with Crippen LogP contribution >= 0.6 is 0 Å². The van der Waals surface area contributed by atoms with Crippen molar-refractivity contribution < 1.29 is 0 Å². The molecule has 4 rings (SSSR count). The van der Waals surface area contributed by atoms with Gasteiger partial charge in [0.2, 0.25) is 0 Å². The van der Waals surface area contributed by atoms with Crippen LogP contribution in [0, 0.1) is 17.8 Å². The third-order valence-corrected chi connectivity index (χ3v) is 3.37. The third kappa shape index (κ3) is 0.452. The van der Waals surface area contributed by atoms with Gasteiger partial charge in [0.05, 0.1) is 0 Å². The minimum Gasteiger partial charge on any atom is -0.0819 e. The van der Waals surface area contributed by atoms with Gasteiger partial charge in [0, 0.05) is 0 Å². The summed E-state index contributed by atoms with van der Waals surface area (Å²) in [6.45, 7) is 0. The Hall–Kier alpha value is -0.260. The summed E-state index contributed by atoms with van der Waals surface area (Å²) >= 11 is 0. The summed E-state index contributed by atoms with van der Waals surface area (Å²) in [5, 5.41) is 0. The summed E-state index contributed by atoms with van der Waals surface area (Å²) in [5.74, 6) is 3.27. The van der Waals surface area contributed by atoms with Crippen LogP contribution in [0.1, 0.15) is 25.7 Å². The maximum atomic E-state index is 2.56. The Balaban J connectivity index is 2.11. The van der Waals surface area contributed by atoms with Crippen molar-refractivity contribution in [2.75, 3.05) is 0 Å². The van der Waals surface area contributed by atoms with Gasteiger partial charge >= 0.3 is 0 Å². The maximum Gasteiger partial charge on any atom is -0.0197 e. The molecule has 48 valence electrons. The van der Waals surface area contributed by atoms with E-state index < -0.39 is 0 Å². The zero-order chi connectivity index (χ0) is 5.84. The molecule has 2 saturated carbocycles. The third-order valence-electron chi connectivity index (χ3n) is 3.37. The molecule has 4 bridgehead atoms. The van der Waals surface area contributed by atoms with Gasteiger partial charge in [-0.25, -0.2) is 0 Å². The summed E-state index contributed by atoms with van der Waals surface area (Å²) in [7, 11) is 0. The highest BCUT2D eigenvalue weighted by Crippen LogP contribution is 2.54. The lowest BCUT2D eigenvalue weighted by Crippen LogP contribution is -2.04. The largest absolute Gasteiger partial charge is 0.0819 e. The minimum absolute atomic E-state index is 1.04. The number of allylic oxidation sites excluding steroid dienone is 2. The highest BCUT2D eigenvalue weighted by molar-refractivity contribution is 5.22. The fourth-order valence-corrected chi connectivity index (χ4v) is 3.11. The van der Waals surface area contributed by atoms with Crippen molar-refractivity contribution in [3.63, 3.8) is 0 Å². The minimum atomic E-state index is 1.04. The molecule has 9 heavy (non-hydrogen) atoms. The first-order valence-corrected chi connectivity index (χ1v) is 4.11. The van der Waals surface area contributed by atoms with Crippen molar-refractivity contribution in [3.8, 4) is 0 Å². The molecule has 0 spiro atoms. The molecule has 0 aliphatic heterocycles. The van der Waals surface area contributed by atoms with Gasteiger partial charge in [-0.2, -0.15) is 0 Å². The second-order valence-corrected chi connectivity index (χ2v) is 3.99. The molecule has 0 nitrogen and oxygen atoms in total. The molecule has 0 heterocycles. The Morgan fingerprint density at radius 2 is 2.22 bits per heavy atom. The first-order chi connectivity index (χ1) is 4.42. The second-order valence-electron chi connectivity index (χ2n) is 3.99. The van der Waals surface area contributed by atoms with Crippen LogP contribution in [0.25, 0.3) is 0 Å². The van der Waals surface area contributed by atoms with Gasteiger partial charge in [-0.05, 0) is 43.4 Å². The monoisotopic (exact) mass is 120 g/mol. The van der Waals surface area contributed by atoms with Crippen LogP contribution in [0.2, 0.25) is 0 Å². The van der Waals surface area contributed by atoms with E-state index in [1.54, 1.807) is 12.0 Å². The van der Waals surface area contributed by atoms with Gasteiger partial charge in [-0.3, -0.25) is 0 Å². The average Bonchev–Trinajstić information content (AvgIpc) is 2.20. The van der Waals surface area contributed by atoms with Gasteiger partial charge in [0.1, 0.15) is 0 Å². The zero-order valence-electron chi connectivity index (χ0n) is 5.64. The molecule has 2 fully saturated rings. The average molecular weight is 120 g/mol. The molecule has 3 atom stereocenters. The van der Waals surface area contributed by atoms with Gasteiger partial charge in [-0.15, -0.1) is 0 Å². The van der Waals surface area contributed by atoms with Crippen molar-refractivity contribution >= 4 is 0 Å². The summed E-state index contributed by atoms with van der Waals surface area (Å²) in [6, 6.07) is 0.